The van der Waals surface area contributed by atoms with Crippen LogP contribution in [0.5, 0.6) is 0 Å². The molecular weight excluding hydrogens is 363 g/mol. The molecule has 2 atom stereocenters. The summed E-state index contributed by atoms with van der Waals surface area (Å²) in [5, 5.41) is 16.3. The molecule has 0 radical (unpaired) electrons. The molecule has 0 aromatic heterocycles. The first-order valence-corrected chi connectivity index (χ1v) is 10.1. The molecule has 3 N–H and O–H groups in total. The molecule has 9 nitrogen and oxygen atoms in total. The maximum atomic E-state index is 11.9. The second-order valence-electron chi connectivity index (χ2n) is 5.37. The van der Waals surface area contributed by atoms with E-state index in [2.05, 4.69) is 19.8 Å². The van der Waals surface area contributed by atoms with Crippen LogP contribution in [0.3, 0.4) is 0 Å². The van der Waals surface area contributed by atoms with Crippen LogP contribution in [0.2, 0.25) is 0 Å². The molecule has 0 rings (SSSR count). The van der Waals surface area contributed by atoms with Gasteiger partial charge in [-0.2, -0.15) is 0 Å². The summed E-state index contributed by atoms with van der Waals surface area (Å²) in [6.07, 6.45) is -0.942. The molecule has 0 aliphatic rings. The van der Waals surface area contributed by atoms with E-state index in [9.17, 15) is 14.5 Å². The molecule has 0 spiro atoms. The van der Waals surface area contributed by atoms with Gasteiger partial charge in [-0.3, -0.25) is 13.8 Å². The van der Waals surface area contributed by atoms with Gasteiger partial charge in [0.25, 0.3) is 0 Å². The second kappa shape index (κ2) is 16.2. The van der Waals surface area contributed by atoms with Crippen molar-refractivity contribution < 1.29 is 33.2 Å². The second-order valence-corrected chi connectivity index (χ2v) is 6.93. The molecule has 0 bridgehead atoms. The number of phosphoric ester groups is 1. The molecule has 26 heavy (non-hydrogen) atoms. The average Bonchev–Trinajstić information content (AvgIpc) is 2.63. The van der Waals surface area contributed by atoms with Gasteiger partial charge >= 0.3 is 7.82 Å². The van der Waals surface area contributed by atoms with E-state index in [1.165, 1.54) is 21.0 Å². The first-order chi connectivity index (χ1) is 12.1. The van der Waals surface area contributed by atoms with Crippen molar-refractivity contribution in [3.8, 4) is 0 Å². The van der Waals surface area contributed by atoms with E-state index >= 15 is 0 Å². The highest BCUT2D eigenvalue weighted by atomic mass is 31.2. The molecule has 0 aliphatic heterocycles. The minimum absolute atomic E-state index is 0.280. The van der Waals surface area contributed by atoms with Gasteiger partial charge in [0.1, 0.15) is 13.2 Å². The van der Waals surface area contributed by atoms with Crippen molar-refractivity contribution in [3.63, 3.8) is 0 Å². The van der Waals surface area contributed by atoms with Crippen LogP contribution in [0.25, 0.3) is 0 Å². The Bertz CT molecular complexity index is 442. The van der Waals surface area contributed by atoms with Crippen molar-refractivity contribution in [1.29, 1.82) is 0 Å². The minimum atomic E-state index is -4.15. The van der Waals surface area contributed by atoms with Crippen LogP contribution in [0.15, 0.2) is 5.16 Å². The Morgan fingerprint density at radius 2 is 1.73 bits per heavy atom. The Balaban J connectivity index is -0.00000123. The van der Waals surface area contributed by atoms with Gasteiger partial charge in [0.2, 0.25) is 5.91 Å². The summed E-state index contributed by atoms with van der Waals surface area (Å²) < 4.78 is 20.2. The number of carbonyl (C=O) groups is 1. The Labute approximate surface area is 157 Å². The highest BCUT2D eigenvalue weighted by molar-refractivity contribution is 7.47. The number of phosphoric acid groups is 1. The fourth-order valence-electron chi connectivity index (χ4n) is 1.40. The summed E-state index contributed by atoms with van der Waals surface area (Å²) in [5.41, 5.74) is -0.377. The van der Waals surface area contributed by atoms with Crippen LogP contribution in [0, 0.1) is 5.41 Å². The fourth-order valence-corrected chi connectivity index (χ4v) is 2.00. The predicted octanol–water partition coefficient (Wildman–Crippen LogP) is 2.72. The van der Waals surface area contributed by atoms with Crippen LogP contribution >= 0.6 is 7.82 Å². The molecular formula is C16H37N2O7P. The first-order valence-electron chi connectivity index (χ1n) is 8.61. The smallest absolute Gasteiger partial charge is 0.399 e. The zero-order valence-corrected chi connectivity index (χ0v) is 18.4. The Kier molecular flexibility index (Phi) is 18.5. The lowest BCUT2D eigenvalue weighted by molar-refractivity contribution is -0.136. The van der Waals surface area contributed by atoms with E-state index in [4.69, 9.17) is 9.42 Å². The first kappa shape index (κ1) is 29.8. The largest absolute Gasteiger partial charge is 0.471 e. The molecule has 0 aromatic rings. The molecule has 0 aromatic carbocycles. The van der Waals surface area contributed by atoms with Gasteiger partial charge in [-0.1, -0.05) is 46.7 Å². The number of rotatable bonds is 10. The van der Waals surface area contributed by atoms with E-state index in [1.54, 1.807) is 6.92 Å². The lowest BCUT2D eigenvalue weighted by Crippen LogP contribution is -2.46. The number of hydrogen-bond acceptors (Lipinski definition) is 7. The van der Waals surface area contributed by atoms with Gasteiger partial charge in [0.15, 0.2) is 0 Å². The number of aliphatic hydroxyl groups is 1. The van der Waals surface area contributed by atoms with Gasteiger partial charge < -0.3 is 20.2 Å². The minimum Gasteiger partial charge on any atom is -0.399 e. The lowest BCUT2D eigenvalue weighted by atomic mass is 9.87. The zero-order chi connectivity index (χ0) is 21.4. The van der Waals surface area contributed by atoms with Crippen LogP contribution < -0.4 is 5.32 Å². The van der Waals surface area contributed by atoms with Gasteiger partial charge in [-0.25, -0.2) is 4.57 Å². The third kappa shape index (κ3) is 14.2. The highest BCUT2D eigenvalue weighted by Gasteiger charge is 2.36. The van der Waals surface area contributed by atoms with Crippen molar-refractivity contribution in [1.82, 2.24) is 5.32 Å². The topological polar surface area (TPSA) is 127 Å². The lowest BCUT2D eigenvalue weighted by Gasteiger charge is -2.29. The third-order valence-corrected chi connectivity index (χ3v) is 3.77. The van der Waals surface area contributed by atoms with E-state index < -0.39 is 25.2 Å². The van der Waals surface area contributed by atoms with Crippen molar-refractivity contribution in [2.24, 2.45) is 10.6 Å². The van der Waals surface area contributed by atoms with Crippen molar-refractivity contribution in [2.45, 2.75) is 61.0 Å². The maximum Gasteiger partial charge on any atom is 0.471 e. The number of carbonyl (C=O) groups excluding carboxylic acids is 1. The summed E-state index contributed by atoms with van der Waals surface area (Å²) in [7, 11) is -1.70. The van der Waals surface area contributed by atoms with Crippen LogP contribution in [0.4, 0.5) is 0 Å². The molecule has 0 saturated heterocycles. The Morgan fingerprint density at radius 1 is 1.23 bits per heavy atom. The molecule has 2 unspecified atom stereocenters. The summed E-state index contributed by atoms with van der Waals surface area (Å²) in [5.74, 6) is -0.607. The van der Waals surface area contributed by atoms with Crippen molar-refractivity contribution in [3.05, 3.63) is 0 Å². The van der Waals surface area contributed by atoms with Crippen LogP contribution in [-0.4, -0.2) is 55.1 Å². The third-order valence-electron chi connectivity index (χ3n) is 2.85. The van der Waals surface area contributed by atoms with Crippen molar-refractivity contribution in [2.75, 3.05) is 27.4 Å². The average molecular weight is 400 g/mol. The predicted molar refractivity (Wildman–Crippen MR) is 103 cm³/mol. The number of amides is 1. The molecule has 0 aliphatic carbocycles. The molecule has 158 valence electrons. The standard InChI is InChI=1S/C12H25N2O7P.2C2H6/c1-9(14-19-4)6-7-13-11(16)10(15)12(2,3)8-21-22(17,18)20-5;2*1-2/h10,15H,6-8H2,1-5H3,(H,13,16)(H,17,18);2*1-2H3/b14-9+;;. The number of nitrogens with one attached hydrogen (secondary N) is 1. The quantitative estimate of drug-likeness (QED) is 0.292. The number of hydrogen-bond donors (Lipinski definition) is 3. The monoisotopic (exact) mass is 400 g/mol. The highest BCUT2D eigenvalue weighted by Crippen LogP contribution is 2.43. The molecule has 0 fully saturated rings. The summed E-state index contributed by atoms with van der Waals surface area (Å²) in [6.45, 7) is 12.8. The molecule has 0 heterocycles. The number of oxime groups is 1. The summed E-state index contributed by atoms with van der Waals surface area (Å²) in [6, 6.07) is 0. The van der Waals surface area contributed by atoms with Crippen LogP contribution in [-0.2, 0) is 23.2 Å². The molecule has 1 amide bonds. The maximum absolute atomic E-state index is 11.9. The SMILES string of the molecule is CC.CC.CO/N=C(\C)CCNC(=O)C(O)C(C)(C)COP(=O)(O)OC. The normalized spacial score (nSPS) is 14.7. The molecule has 0 saturated carbocycles. The molecule has 10 heteroatoms. The van der Waals surface area contributed by atoms with Crippen molar-refractivity contribution >= 4 is 19.4 Å². The Morgan fingerprint density at radius 3 is 2.15 bits per heavy atom. The summed E-state index contributed by atoms with van der Waals surface area (Å²) in [4.78, 5) is 25.6. The fraction of sp³-hybridized carbons (Fsp3) is 0.875. The van der Waals surface area contributed by atoms with Gasteiger partial charge in [-0.05, 0) is 6.92 Å². The number of nitrogens with zero attached hydrogens (tertiary/aromatic N) is 1. The van der Waals surface area contributed by atoms with E-state index in [0.717, 1.165) is 7.11 Å². The van der Waals surface area contributed by atoms with E-state index in [-0.39, 0.29) is 13.2 Å². The van der Waals surface area contributed by atoms with Gasteiger partial charge in [0, 0.05) is 25.5 Å². The van der Waals surface area contributed by atoms with Crippen LogP contribution in [0.1, 0.15) is 54.9 Å². The zero-order valence-electron chi connectivity index (χ0n) is 17.5. The Hall–Kier alpha value is -0.990. The summed E-state index contributed by atoms with van der Waals surface area (Å²) >= 11 is 0. The van der Waals surface area contributed by atoms with E-state index in [1.807, 2.05) is 27.7 Å². The number of aliphatic hydroxyl groups excluding tert-OH is 1. The van der Waals surface area contributed by atoms with Gasteiger partial charge in [-0.15, -0.1) is 0 Å². The van der Waals surface area contributed by atoms with E-state index in [0.29, 0.717) is 12.1 Å². The van der Waals surface area contributed by atoms with Gasteiger partial charge in [0.05, 0.1) is 12.3 Å².